The predicted octanol–water partition coefficient (Wildman–Crippen LogP) is 4.52. The Morgan fingerprint density at radius 2 is 1.79 bits per heavy atom. The van der Waals surface area contributed by atoms with Crippen LogP contribution in [0.4, 0.5) is 23.1 Å². The molecule has 8 nitrogen and oxygen atoms in total. The van der Waals surface area contributed by atoms with Gasteiger partial charge >= 0.3 is 0 Å². The van der Waals surface area contributed by atoms with Gasteiger partial charge in [0.1, 0.15) is 17.3 Å². The van der Waals surface area contributed by atoms with Crippen LogP contribution in [0.1, 0.15) is 0 Å². The van der Waals surface area contributed by atoms with Gasteiger partial charge in [-0.25, -0.2) is 0 Å². The third-order valence-corrected chi connectivity index (χ3v) is 4.63. The second kappa shape index (κ2) is 7.84. The zero-order chi connectivity index (χ0) is 20.4. The SMILES string of the molecule is COc1cccc(Nc2nc(Nc3ccc(OC)c(Cl)c3)c3cnn(C)c3n2)c1. The van der Waals surface area contributed by atoms with Crippen LogP contribution in [0.2, 0.25) is 5.02 Å². The molecular formula is C20H19ClN6O2. The van der Waals surface area contributed by atoms with Crippen LogP contribution in [0.25, 0.3) is 11.0 Å². The van der Waals surface area contributed by atoms with Gasteiger partial charge in [-0.2, -0.15) is 15.1 Å². The van der Waals surface area contributed by atoms with Crippen LogP contribution >= 0.6 is 11.6 Å². The molecule has 0 aliphatic heterocycles. The van der Waals surface area contributed by atoms with Crippen molar-refractivity contribution < 1.29 is 9.47 Å². The molecule has 2 N–H and O–H groups in total. The van der Waals surface area contributed by atoms with E-state index in [9.17, 15) is 0 Å². The van der Waals surface area contributed by atoms with E-state index in [1.54, 1.807) is 37.2 Å². The Kier molecular flexibility index (Phi) is 5.09. The molecular weight excluding hydrogens is 392 g/mol. The van der Waals surface area contributed by atoms with Crippen LogP contribution in [0.15, 0.2) is 48.7 Å². The van der Waals surface area contributed by atoms with E-state index in [0.717, 1.165) is 22.5 Å². The van der Waals surface area contributed by atoms with E-state index in [2.05, 4.69) is 25.7 Å². The number of hydrogen-bond acceptors (Lipinski definition) is 7. The largest absolute Gasteiger partial charge is 0.497 e. The molecule has 2 aromatic heterocycles. The monoisotopic (exact) mass is 410 g/mol. The molecule has 2 heterocycles. The lowest BCUT2D eigenvalue weighted by Crippen LogP contribution is -2.03. The highest BCUT2D eigenvalue weighted by Crippen LogP contribution is 2.31. The molecule has 9 heteroatoms. The first kappa shape index (κ1) is 18.8. The standard InChI is InChI=1S/C20H19ClN6O2/c1-27-19-15(11-22-27)18(23-13-7-8-17(29-3)16(21)10-13)25-20(26-19)24-12-5-4-6-14(9-12)28-2/h4-11H,1-3H3,(H2,23,24,25,26). The van der Waals surface area contributed by atoms with Crippen LogP contribution in [0, 0.1) is 0 Å². The molecule has 0 aliphatic carbocycles. The Morgan fingerprint density at radius 1 is 0.966 bits per heavy atom. The second-order valence-corrected chi connectivity index (χ2v) is 6.64. The van der Waals surface area contributed by atoms with Gasteiger partial charge in [-0.3, -0.25) is 4.68 Å². The average Bonchev–Trinajstić information content (AvgIpc) is 3.09. The molecule has 0 radical (unpaired) electrons. The lowest BCUT2D eigenvalue weighted by atomic mass is 10.3. The number of methoxy groups -OCH3 is 2. The summed E-state index contributed by atoms with van der Waals surface area (Å²) in [6, 6.07) is 13.0. The first-order chi connectivity index (χ1) is 14.1. The molecule has 0 aliphatic rings. The highest BCUT2D eigenvalue weighted by atomic mass is 35.5. The molecule has 0 spiro atoms. The lowest BCUT2D eigenvalue weighted by Gasteiger charge is -2.12. The first-order valence-electron chi connectivity index (χ1n) is 8.79. The fourth-order valence-corrected chi connectivity index (χ4v) is 3.14. The number of nitrogens with one attached hydrogen (secondary N) is 2. The van der Waals surface area contributed by atoms with E-state index in [4.69, 9.17) is 21.1 Å². The zero-order valence-electron chi connectivity index (χ0n) is 16.1. The van der Waals surface area contributed by atoms with E-state index >= 15 is 0 Å². The molecule has 0 unspecified atom stereocenters. The first-order valence-corrected chi connectivity index (χ1v) is 9.16. The Morgan fingerprint density at radius 3 is 2.55 bits per heavy atom. The summed E-state index contributed by atoms with van der Waals surface area (Å²) >= 11 is 6.25. The van der Waals surface area contributed by atoms with E-state index < -0.39 is 0 Å². The number of aromatic nitrogens is 4. The molecule has 0 saturated heterocycles. The van der Waals surface area contributed by atoms with E-state index in [1.165, 1.54) is 0 Å². The number of anilines is 4. The maximum Gasteiger partial charge on any atom is 0.231 e. The topological polar surface area (TPSA) is 86.1 Å². The highest BCUT2D eigenvalue weighted by Gasteiger charge is 2.13. The molecule has 0 saturated carbocycles. The van der Waals surface area contributed by atoms with E-state index in [-0.39, 0.29) is 0 Å². The van der Waals surface area contributed by atoms with Crippen molar-refractivity contribution in [3.8, 4) is 11.5 Å². The van der Waals surface area contributed by atoms with E-state index in [1.807, 2.05) is 37.4 Å². The molecule has 0 amide bonds. The van der Waals surface area contributed by atoms with Gasteiger partial charge < -0.3 is 20.1 Å². The number of aryl methyl sites for hydroxylation is 1. The summed E-state index contributed by atoms with van der Waals surface area (Å²) in [5, 5.41) is 12.1. The van der Waals surface area contributed by atoms with Crippen molar-refractivity contribution in [3.05, 3.63) is 53.7 Å². The fraction of sp³-hybridized carbons (Fsp3) is 0.150. The van der Waals surface area contributed by atoms with Gasteiger partial charge in [-0.1, -0.05) is 17.7 Å². The van der Waals surface area contributed by atoms with Gasteiger partial charge in [0.15, 0.2) is 5.65 Å². The fourth-order valence-electron chi connectivity index (χ4n) is 2.88. The number of fused-ring (bicyclic) bond motifs is 1. The van der Waals surface area contributed by atoms with Crippen LogP contribution in [-0.2, 0) is 7.05 Å². The third kappa shape index (κ3) is 3.88. The minimum atomic E-state index is 0.427. The summed E-state index contributed by atoms with van der Waals surface area (Å²) in [6.45, 7) is 0. The van der Waals surface area contributed by atoms with Crippen molar-refractivity contribution in [3.63, 3.8) is 0 Å². The van der Waals surface area contributed by atoms with E-state index in [0.29, 0.717) is 28.2 Å². The highest BCUT2D eigenvalue weighted by molar-refractivity contribution is 6.32. The average molecular weight is 411 g/mol. The van der Waals surface area contributed by atoms with Crippen molar-refractivity contribution in [1.29, 1.82) is 0 Å². The lowest BCUT2D eigenvalue weighted by molar-refractivity contribution is 0.415. The zero-order valence-corrected chi connectivity index (χ0v) is 16.9. The van der Waals surface area contributed by atoms with Gasteiger partial charge in [0.25, 0.3) is 0 Å². The van der Waals surface area contributed by atoms with Gasteiger partial charge in [0.2, 0.25) is 5.95 Å². The van der Waals surface area contributed by atoms with Crippen LogP contribution in [-0.4, -0.2) is 34.0 Å². The summed E-state index contributed by atoms with van der Waals surface area (Å²) in [5.74, 6) is 2.38. The number of halogens is 1. The van der Waals surface area contributed by atoms with Gasteiger partial charge in [-0.05, 0) is 30.3 Å². The van der Waals surface area contributed by atoms with Crippen molar-refractivity contribution in [2.45, 2.75) is 0 Å². The minimum absolute atomic E-state index is 0.427. The molecule has 2 aromatic carbocycles. The number of nitrogens with zero attached hydrogens (tertiary/aromatic N) is 4. The van der Waals surface area contributed by atoms with Crippen molar-refractivity contribution >= 4 is 45.8 Å². The molecule has 29 heavy (non-hydrogen) atoms. The van der Waals surface area contributed by atoms with Crippen LogP contribution in [0.5, 0.6) is 11.5 Å². The Hall–Kier alpha value is -3.52. The smallest absolute Gasteiger partial charge is 0.231 e. The number of benzene rings is 2. The van der Waals surface area contributed by atoms with Crippen molar-refractivity contribution in [2.75, 3.05) is 24.9 Å². The molecule has 148 valence electrons. The van der Waals surface area contributed by atoms with Crippen molar-refractivity contribution in [1.82, 2.24) is 19.7 Å². The van der Waals surface area contributed by atoms with Crippen LogP contribution < -0.4 is 20.1 Å². The summed E-state index contributed by atoms with van der Waals surface area (Å²) in [4.78, 5) is 9.21. The summed E-state index contributed by atoms with van der Waals surface area (Å²) in [7, 11) is 5.03. The summed E-state index contributed by atoms with van der Waals surface area (Å²) in [6.07, 6.45) is 1.72. The molecule has 0 fully saturated rings. The van der Waals surface area contributed by atoms with Gasteiger partial charge in [0.05, 0.1) is 30.8 Å². The third-order valence-electron chi connectivity index (χ3n) is 4.33. The number of hydrogen-bond donors (Lipinski definition) is 2. The molecule has 0 atom stereocenters. The normalized spacial score (nSPS) is 10.8. The molecule has 4 rings (SSSR count). The maximum atomic E-state index is 6.25. The maximum absolute atomic E-state index is 6.25. The number of ether oxygens (including phenoxy) is 2. The molecule has 0 bridgehead atoms. The quantitative estimate of drug-likeness (QED) is 0.483. The van der Waals surface area contributed by atoms with Crippen LogP contribution in [0.3, 0.4) is 0 Å². The summed E-state index contributed by atoms with van der Waals surface area (Å²) < 4.78 is 12.2. The van der Waals surface area contributed by atoms with Gasteiger partial charge in [0, 0.05) is 24.5 Å². The number of rotatable bonds is 6. The predicted molar refractivity (Wildman–Crippen MR) is 114 cm³/mol. The Bertz CT molecular complexity index is 1180. The Balaban J connectivity index is 1.72. The van der Waals surface area contributed by atoms with Gasteiger partial charge in [-0.15, -0.1) is 0 Å². The summed E-state index contributed by atoms with van der Waals surface area (Å²) in [5.41, 5.74) is 2.27. The molecule has 4 aromatic rings. The minimum Gasteiger partial charge on any atom is -0.497 e. The second-order valence-electron chi connectivity index (χ2n) is 6.23. The van der Waals surface area contributed by atoms with Crippen molar-refractivity contribution in [2.24, 2.45) is 7.05 Å². The Labute approximate surface area is 172 Å².